The van der Waals surface area contributed by atoms with Crippen LogP contribution >= 0.6 is 0 Å². The second-order valence-electron chi connectivity index (χ2n) is 6.70. The number of fused-ring (bicyclic) bond motifs is 1. The zero-order valence-electron chi connectivity index (χ0n) is 14.6. The molecular formula is C20H26N2O2. The van der Waals surface area contributed by atoms with Gasteiger partial charge in [-0.3, -0.25) is 9.78 Å². The van der Waals surface area contributed by atoms with Crippen LogP contribution in [0, 0.1) is 6.92 Å². The molecule has 2 heterocycles. The molecule has 3 rings (SSSR count). The quantitative estimate of drug-likeness (QED) is 0.939. The Kier molecular flexibility index (Phi) is 5.14. The fourth-order valence-corrected chi connectivity index (χ4v) is 3.59. The SMILES string of the molecule is CCc1ccc2nc(C)cc(C(=O)N3CCCCC[C@@H]3CO)c2c1. The molecule has 1 aromatic carbocycles. The monoisotopic (exact) mass is 326 g/mol. The summed E-state index contributed by atoms with van der Waals surface area (Å²) in [5.41, 5.74) is 3.64. The van der Waals surface area contributed by atoms with Gasteiger partial charge in [0.2, 0.25) is 0 Å². The third-order valence-electron chi connectivity index (χ3n) is 4.99. The van der Waals surface area contributed by atoms with Crippen LogP contribution in [0.4, 0.5) is 0 Å². The number of aryl methyl sites for hydroxylation is 2. The first kappa shape index (κ1) is 16.9. The van der Waals surface area contributed by atoms with Crippen molar-refractivity contribution in [1.82, 2.24) is 9.88 Å². The summed E-state index contributed by atoms with van der Waals surface area (Å²) in [6, 6.07) is 7.98. The zero-order chi connectivity index (χ0) is 17.1. The molecule has 1 aliphatic rings. The molecule has 1 aromatic heterocycles. The summed E-state index contributed by atoms with van der Waals surface area (Å²) < 4.78 is 0. The van der Waals surface area contributed by atoms with E-state index in [1.165, 1.54) is 5.56 Å². The number of rotatable bonds is 3. The number of hydrogen-bond acceptors (Lipinski definition) is 3. The number of aliphatic hydroxyl groups excluding tert-OH is 1. The van der Waals surface area contributed by atoms with E-state index in [4.69, 9.17) is 0 Å². The highest BCUT2D eigenvalue weighted by molar-refractivity contribution is 6.06. The summed E-state index contributed by atoms with van der Waals surface area (Å²) in [6.07, 6.45) is 5.01. The van der Waals surface area contributed by atoms with E-state index in [1.54, 1.807) is 0 Å². The van der Waals surface area contributed by atoms with E-state index in [-0.39, 0.29) is 18.6 Å². The van der Waals surface area contributed by atoms with Gasteiger partial charge < -0.3 is 10.0 Å². The molecule has 2 aromatic rings. The highest BCUT2D eigenvalue weighted by atomic mass is 16.3. The van der Waals surface area contributed by atoms with Gasteiger partial charge in [-0.1, -0.05) is 25.8 Å². The van der Waals surface area contributed by atoms with Gasteiger partial charge in [0, 0.05) is 17.6 Å². The van der Waals surface area contributed by atoms with Crippen molar-refractivity contribution in [2.24, 2.45) is 0 Å². The lowest BCUT2D eigenvalue weighted by Crippen LogP contribution is -2.42. The molecular weight excluding hydrogens is 300 g/mol. The predicted molar refractivity (Wildman–Crippen MR) is 96.2 cm³/mol. The maximum absolute atomic E-state index is 13.3. The molecule has 1 fully saturated rings. The van der Waals surface area contributed by atoms with Crippen LogP contribution in [0.15, 0.2) is 24.3 Å². The third-order valence-corrected chi connectivity index (χ3v) is 4.99. The van der Waals surface area contributed by atoms with Crippen molar-refractivity contribution >= 4 is 16.8 Å². The van der Waals surface area contributed by atoms with Gasteiger partial charge in [0.25, 0.3) is 5.91 Å². The standard InChI is InChI=1S/C20H26N2O2/c1-3-15-8-9-19-17(12-15)18(11-14(2)21-19)20(24)22-10-6-4-5-7-16(22)13-23/h8-9,11-12,16,23H,3-7,10,13H2,1-2H3/t16-/m1/s1. The number of pyridine rings is 1. The summed E-state index contributed by atoms with van der Waals surface area (Å²) in [4.78, 5) is 19.7. The fourth-order valence-electron chi connectivity index (χ4n) is 3.59. The van der Waals surface area contributed by atoms with Crippen molar-refractivity contribution < 1.29 is 9.90 Å². The minimum absolute atomic E-state index is 0.0275. The Morgan fingerprint density at radius 1 is 1.29 bits per heavy atom. The minimum atomic E-state index is -0.0714. The van der Waals surface area contributed by atoms with E-state index in [9.17, 15) is 9.90 Å². The molecule has 0 saturated carbocycles. The summed E-state index contributed by atoms with van der Waals surface area (Å²) in [5, 5.41) is 10.6. The molecule has 0 spiro atoms. The largest absolute Gasteiger partial charge is 0.394 e. The van der Waals surface area contributed by atoms with Crippen molar-refractivity contribution in [1.29, 1.82) is 0 Å². The number of carbonyl (C=O) groups excluding carboxylic acids is 1. The third kappa shape index (κ3) is 3.29. The average molecular weight is 326 g/mol. The Bertz CT molecular complexity index is 742. The first-order valence-electron chi connectivity index (χ1n) is 8.96. The number of likely N-dealkylation sites (tertiary alicyclic amines) is 1. The summed E-state index contributed by atoms with van der Waals surface area (Å²) in [5.74, 6) is 0.0275. The van der Waals surface area contributed by atoms with Gasteiger partial charge in [-0.25, -0.2) is 0 Å². The second-order valence-corrected chi connectivity index (χ2v) is 6.70. The number of aromatic nitrogens is 1. The van der Waals surface area contributed by atoms with E-state index in [0.29, 0.717) is 5.56 Å². The van der Waals surface area contributed by atoms with Crippen LogP contribution in [0.1, 0.15) is 54.2 Å². The topological polar surface area (TPSA) is 53.4 Å². The molecule has 1 aliphatic heterocycles. The van der Waals surface area contributed by atoms with Crippen molar-refractivity contribution in [3.05, 3.63) is 41.1 Å². The smallest absolute Gasteiger partial charge is 0.254 e. The number of aliphatic hydroxyl groups is 1. The lowest BCUT2D eigenvalue weighted by Gasteiger charge is -2.29. The maximum atomic E-state index is 13.3. The molecule has 4 heteroatoms. The van der Waals surface area contributed by atoms with E-state index in [0.717, 1.165) is 55.2 Å². The van der Waals surface area contributed by atoms with E-state index in [1.807, 2.05) is 24.0 Å². The molecule has 1 N–H and O–H groups in total. The molecule has 1 saturated heterocycles. The van der Waals surface area contributed by atoms with Gasteiger partial charge in [-0.2, -0.15) is 0 Å². The number of carbonyl (C=O) groups is 1. The highest BCUT2D eigenvalue weighted by Gasteiger charge is 2.27. The lowest BCUT2D eigenvalue weighted by molar-refractivity contribution is 0.0601. The van der Waals surface area contributed by atoms with Gasteiger partial charge >= 0.3 is 0 Å². The Balaban J connectivity index is 2.07. The highest BCUT2D eigenvalue weighted by Crippen LogP contribution is 2.25. The van der Waals surface area contributed by atoms with Gasteiger partial charge in [-0.05, 0) is 49.9 Å². The number of amides is 1. The normalized spacial score (nSPS) is 18.6. The lowest BCUT2D eigenvalue weighted by atomic mass is 10.0. The molecule has 1 amide bonds. The van der Waals surface area contributed by atoms with Crippen LogP contribution < -0.4 is 0 Å². The first-order chi connectivity index (χ1) is 11.6. The molecule has 4 nitrogen and oxygen atoms in total. The summed E-state index contributed by atoms with van der Waals surface area (Å²) in [7, 11) is 0. The minimum Gasteiger partial charge on any atom is -0.394 e. The van der Waals surface area contributed by atoms with Gasteiger partial charge in [0.1, 0.15) is 0 Å². The Labute approximate surface area is 143 Å². The Hall–Kier alpha value is -1.94. The second kappa shape index (κ2) is 7.31. The molecule has 1 atom stereocenters. The molecule has 0 bridgehead atoms. The summed E-state index contributed by atoms with van der Waals surface area (Å²) in [6.45, 7) is 4.80. The van der Waals surface area contributed by atoms with Crippen molar-refractivity contribution in [3.63, 3.8) is 0 Å². The molecule has 0 radical (unpaired) electrons. The molecule has 0 unspecified atom stereocenters. The van der Waals surface area contributed by atoms with Crippen LogP contribution in [-0.2, 0) is 6.42 Å². The van der Waals surface area contributed by atoms with Crippen molar-refractivity contribution in [2.45, 2.75) is 52.0 Å². The van der Waals surface area contributed by atoms with Crippen LogP contribution in [0.2, 0.25) is 0 Å². The Morgan fingerprint density at radius 2 is 2.12 bits per heavy atom. The van der Waals surface area contributed by atoms with Gasteiger partial charge in [-0.15, -0.1) is 0 Å². The maximum Gasteiger partial charge on any atom is 0.254 e. The number of hydrogen-bond donors (Lipinski definition) is 1. The number of benzene rings is 1. The summed E-state index contributed by atoms with van der Waals surface area (Å²) >= 11 is 0. The van der Waals surface area contributed by atoms with Crippen LogP contribution in [-0.4, -0.2) is 40.1 Å². The number of nitrogens with zero attached hydrogens (tertiary/aromatic N) is 2. The van der Waals surface area contributed by atoms with E-state index < -0.39 is 0 Å². The predicted octanol–water partition coefficient (Wildman–Crippen LogP) is 3.48. The van der Waals surface area contributed by atoms with Gasteiger partial charge in [0.05, 0.1) is 23.7 Å². The van der Waals surface area contributed by atoms with Crippen LogP contribution in [0.5, 0.6) is 0 Å². The van der Waals surface area contributed by atoms with Crippen molar-refractivity contribution in [2.75, 3.05) is 13.2 Å². The van der Waals surface area contributed by atoms with E-state index >= 15 is 0 Å². The zero-order valence-corrected chi connectivity index (χ0v) is 14.6. The van der Waals surface area contributed by atoms with E-state index in [2.05, 4.69) is 24.0 Å². The fraction of sp³-hybridized carbons (Fsp3) is 0.500. The first-order valence-corrected chi connectivity index (χ1v) is 8.96. The van der Waals surface area contributed by atoms with Crippen LogP contribution in [0.25, 0.3) is 10.9 Å². The van der Waals surface area contributed by atoms with Crippen LogP contribution in [0.3, 0.4) is 0 Å². The molecule has 128 valence electrons. The average Bonchev–Trinajstić information content (AvgIpc) is 2.85. The van der Waals surface area contributed by atoms with Gasteiger partial charge in [0.15, 0.2) is 0 Å². The van der Waals surface area contributed by atoms with Crippen molar-refractivity contribution in [3.8, 4) is 0 Å². The molecule has 0 aliphatic carbocycles. The molecule has 24 heavy (non-hydrogen) atoms. The Morgan fingerprint density at radius 3 is 2.88 bits per heavy atom.